The second-order valence-corrected chi connectivity index (χ2v) is 9.29. The summed E-state index contributed by atoms with van der Waals surface area (Å²) >= 11 is 4.58. The third kappa shape index (κ3) is 5.58. The Balaban J connectivity index is 1.52. The van der Waals surface area contributed by atoms with E-state index in [1.807, 2.05) is 68.4 Å². The molecule has 1 aromatic heterocycles. The summed E-state index contributed by atoms with van der Waals surface area (Å²) in [5.74, 6) is -0.237. The molecule has 1 aliphatic rings. The van der Waals surface area contributed by atoms with Gasteiger partial charge in [-0.15, -0.1) is 0 Å². The Morgan fingerprint density at radius 2 is 1.94 bits per heavy atom. The van der Waals surface area contributed by atoms with Crippen LogP contribution in [-0.4, -0.2) is 28.0 Å². The summed E-state index contributed by atoms with van der Waals surface area (Å²) in [5.41, 5.74) is 1.84. The number of hydrogen-bond acceptors (Lipinski definition) is 6. The summed E-state index contributed by atoms with van der Waals surface area (Å²) in [4.78, 5) is 31.7. The minimum absolute atomic E-state index is 0.0450. The summed E-state index contributed by atoms with van der Waals surface area (Å²) in [5, 5.41) is 6.96. The van der Waals surface area contributed by atoms with Gasteiger partial charge in [0.1, 0.15) is 5.70 Å². The number of rotatable bonds is 6. The van der Waals surface area contributed by atoms with Gasteiger partial charge >= 0.3 is 5.88 Å². The second kappa shape index (κ2) is 10.1. The third-order valence-corrected chi connectivity index (χ3v) is 6.09. The Morgan fingerprint density at radius 3 is 2.61 bits per heavy atom. The number of aromatic nitrogens is 2. The summed E-state index contributed by atoms with van der Waals surface area (Å²) in [7, 11) is 0. The van der Waals surface area contributed by atoms with Crippen LogP contribution < -0.4 is 14.9 Å². The molecule has 2 aromatic carbocycles. The lowest BCUT2D eigenvalue weighted by atomic mass is 10.2. The third-order valence-electron chi connectivity index (χ3n) is 4.62. The number of carbonyl (C=O) groups excluding carboxylic acids is 2. The highest BCUT2D eigenvalue weighted by Gasteiger charge is 2.32. The number of halogens is 1. The zero-order valence-corrected chi connectivity index (χ0v) is 20.3. The molecular weight excluding hydrogens is 506 g/mol. The standard InChI is InChI=1S/C23H20BrN5O3S/c1-15(2)28-13-21(32-27-28)26-20(30)14-33-23-25-19(12-16-8-10-17(24)11-9-16)22(31)29(23)18-6-4-3-5-7-18/h3-13,15H,14H2,1-2H3/p+1/b19-12+. The maximum absolute atomic E-state index is 13.2. The molecule has 0 bridgehead atoms. The molecule has 0 radical (unpaired) electrons. The predicted molar refractivity (Wildman–Crippen MR) is 132 cm³/mol. The molecule has 8 nitrogen and oxygen atoms in total. The number of nitrogens with one attached hydrogen (secondary N) is 1. The molecule has 0 fully saturated rings. The van der Waals surface area contributed by atoms with Crippen molar-refractivity contribution >= 4 is 62.3 Å². The lowest BCUT2D eigenvalue weighted by Crippen LogP contribution is -2.37. The van der Waals surface area contributed by atoms with E-state index in [1.54, 1.807) is 17.0 Å². The number of anilines is 2. The van der Waals surface area contributed by atoms with Gasteiger partial charge in [-0.3, -0.25) is 24.3 Å². The first-order valence-electron chi connectivity index (χ1n) is 10.2. The van der Waals surface area contributed by atoms with Crippen molar-refractivity contribution in [1.29, 1.82) is 0 Å². The van der Waals surface area contributed by atoms with Crippen LogP contribution in [0.2, 0.25) is 0 Å². The highest BCUT2D eigenvalue weighted by atomic mass is 79.9. The SMILES string of the molecule is CC(C)[n+]1cc(NC(=O)CSC2=N/C(=C/c3ccc(Br)cc3)C(=O)N2c2ccccc2)on1. The van der Waals surface area contributed by atoms with Crippen molar-refractivity contribution in [3.63, 3.8) is 0 Å². The molecule has 0 spiro atoms. The summed E-state index contributed by atoms with van der Waals surface area (Å²) < 4.78 is 7.69. The highest BCUT2D eigenvalue weighted by molar-refractivity contribution is 9.10. The largest absolute Gasteiger partial charge is 0.302 e. The van der Waals surface area contributed by atoms with Crippen LogP contribution in [0.25, 0.3) is 6.08 Å². The van der Waals surface area contributed by atoms with Crippen LogP contribution in [-0.2, 0) is 9.59 Å². The van der Waals surface area contributed by atoms with Gasteiger partial charge in [0.15, 0.2) is 11.2 Å². The fraction of sp³-hybridized carbons (Fsp3) is 0.174. The highest BCUT2D eigenvalue weighted by Crippen LogP contribution is 2.29. The van der Waals surface area contributed by atoms with E-state index in [4.69, 9.17) is 4.52 Å². The average Bonchev–Trinajstić information content (AvgIpc) is 3.39. The first kappa shape index (κ1) is 22.9. The van der Waals surface area contributed by atoms with E-state index in [2.05, 4.69) is 31.5 Å². The normalized spacial score (nSPS) is 14.8. The van der Waals surface area contributed by atoms with E-state index in [0.717, 1.165) is 10.0 Å². The number of thioether (sulfide) groups is 1. The minimum atomic E-state index is -0.291. The number of hydrogen-bond donors (Lipinski definition) is 1. The Bertz CT molecular complexity index is 1220. The van der Waals surface area contributed by atoms with Crippen molar-refractivity contribution in [1.82, 2.24) is 5.27 Å². The van der Waals surface area contributed by atoms with E-state index in [-0.39, 0.29) is 29.5 Å². The van der Waals surface area contributed by atoms with E-state index < -0.39 is 0 Å². The van der Waals surface area contributed by atoms with Gasteiger partial charge in [0.05, 0.1) is 11.4 Å². The smallest absolute Gasteiger partial charge is 0.288 e. The fourth-order valence-electron chi connectivity index (χ4n) is 2.98. The molecule has 0 aliphatic carbocycles. The van der Waals surface area contributed by atoms with Gasteiger partial charge in [0, 0.05) is 4.47 Å². The van der Waals surface area contributed by atoms with Gasteiger partial charge in [-0.2, -0.15) is 0 Å². The topological polar surface area (TPSA) is 91.7 Å². The van der Waals surface area contributed by atoms with Crippen LogP contribution >= 0.6 is 27.7 Å². The average molecular weight is 527 g/mol. The van der Waals surface area contributed by atoms with E-state index in [0.29, 0.717) is 16.6 Å². The van der Waals surface area contributed by atoms with E-state index >= 15 is 0 Å². The van der Waals surface area contributed by atoms with Gasteiger partial charge < -0.3 is 0 Å². The molecule has 1 aliphatic heterocycles. The van der Waals surface area contributed by atoms with Crippen LogP contribution in [0, 0.1) is 0 Å². The quantitative estimate of drug-likeness (QED) is 0.379. The van der Waals surface area contributed by atoms with Crippen LogP contribution in [0.15, 0.2) is 80.5 Å². The lowest BCUT2D eigenvalue weighted by Gasteiger charge is -2.17. The van der Waals surface area contributed by atoms with Crippen LogP contribution in [0.1, 0.15) is 25.5 Å². The number of nitrogens with zero attached hydrogens (tertiary/aromatic N) is 4. The maximum Gasteiger partial charge on any atom is 0.302 e. The summed E-state index contributed by atoms with van der Waals surface area (Å²) in [6.07, 6.45) is 3.36. The lowest BCUT2D eigenvalue weighted by molar-refractivity contribution is -0.779. The number of aliphatic imine (C=N–C) groups is 1. The Kier molecular flexibility index (Phi) is 7.05. The summed E-state index contributed by atoms with van der Waals surface area (Å²) in [6, 6.07) is 16.9. The molecule has 0 saturated heterocycles. The predicted octanol–water partition coefficient (Wildman–Crippen LogP) is 4.42. The van der Waals surface area contributed by atoms with Gasteiger partial charge in [-0.05, 0) is 54.4 Å². The zero-order chi connectivity index (χ0) is 23.4. The molecule has 0 atom stereocenters. The molecule has 2 amide bonds. The van der Waals surface area contributed by atoms with E-state index in [1.165, 1.54) is 16.7 Å². The molecule has 0 unspecified atom stereocenters. The number of para-hydroxylation sites is 1. The molecule has 0 saturated carbocycles. The second-order valence-electron chi connectivity index (χ2n) is 7.43. The monoisotopic (exact) mass is 526 g/mol. The van der Waals surface area contributed by atoms with Gasteiger partial charge in [0.25, 0.3) is 12.1 Å². The van der Waals surface area contributed by atoms with Crippen molar-refractivity contribution in [2.75, 3.05) is 16.0 Å². The zero-order valence-electron chi connectivity index (χ0n) is 17.9. The molecule has 168 valence electrons. The van der Waals surface area contributed by atoms with Crippen LogP contribution in [0.5, 0.6) is 0 Å². The maximum atomic E-state index is 13.2. The minimum Gasteiger partial charge on any atom is -0.288 e. The molecule has 10 heteroatoms. The number of carbonyl (C=O) groups is 2. The van der Waals surface area contributed by atoms with Gasteiger partial charge in [-0.25, -0.2) is 4.99 Å². The molecule has 1 N–H and O–H groups in total. The Labute approximate surface area is 203 Å². The van der Waals surface area contributed by atoms with Crippen molar-refractivity contribution in [2.45, 2.75) is 19.9 Å². The van der Waals surface area contributed by atoms with Crippen LogP contribution in [0.3, 0.4) is 0 Å². The van der Waals surface area contributed by atoms with Gasteiger partial charge in [0.2, 0.25) is 11.2 Å². The molecule has 2 heterocycles. The van der Waals surface area contributed by atoms with Crippen molar-refractivity contribution in [3.05, 3.63) is 76.5 Å². The molecule has 3 aromatic rings. The number of amidine groups is 1. The van der Waals surface area contributed by atoms with Crippen molar-refractivity contribution in [3.8, 4) is 0 Å². The number of amides is 2. The van der Waals surface area contributed by atoms with Gasteiger partial charge in [-0.1, -0.05) is 58.0 Å². The molecule has 4 rings (SSSR count). The molecular formula is C23H21BrN5O3S+. The molecule has 33 heavy (non-hydrogen) atoms. The first-order valence-corrected chi connectivity index (χ1v) is 11.9. The fourth-order valence-corrected chi connectivity index (χ4v) is 4.05. The Hall–Kier alpha value is -3.24. The summed E-state index contributed by atoms with van der Waals surface area (Å²) in [6.45, 7) is 3.91. The Morgan fingerprint density at radius 1 is 1.21 bits per heavy atom. The van der Waals surface area contributed by atoms with Crippen molar-refractivity contribution in [2.24, 2.45) is 4.99 Å². The number of benzene rings is 2. The van der Waals surface area contributed by atoms with Crippen LogP contribution in [0.4, 0.5) is 11.6 Å². The first-order chi connectivity index (χ1) is 15.9. The van der Waals surface area contributed by atoms with Crippen molar-refractivity contribution < 1.29 is 18.8 Å². The van der Waals surface area contributed by atoms with E-state index in [9.17, 15) is 9.59 Å².